The number of amides is 4. The van der Waals surface area contributed by atoms with Crippen molar-refractivity contribution in [2.75, 3.05) is 22.9 Å². The predicted octanol–water partition coefficient (Wildman–Crippen LogP) is 6.16. The minimum Gasteiger partial charge on any atom is -0.444 e. The van der Waals surface area contributed by atoms with E-state index in [2.05, 4.69) is 10.3 Å². The summed E-state index contributed by atoms with van der Waals surface area (Å²) in [6.07, 6.45) is -1.12. The molecule has 3 aromatic rings. The van der Waals surface area contributed by atoms with Crippen LogP contribution in [0.5, 0.6) is 0 Å². The number of ether oxygens (including phenoxy) is 1. The number of nitrogens with one attached hydrogen (secondary N) is 1. The largest absolute Gasteiger partial charge is 0.444 e. The summed E-state index contributed by atoms with van der Waals surface area (Å²) in [6, 6.07) is 7.75. The number of nitriles is 1. The molecule has 270 valence electrons. The number of halogens is 5. The second kappa shape index (κ2) is 14.9. The molecule has 2 atom stereocenters. The van der Waals surface area contributed by atoms with Crippen LogP contribution in [-0.4, -0.2) is 70.4 Å². The number of hydrogen-bond donors (Lipinski definition) is 1. The Morgan fingerprint density at radius 1 is 1.10 bits per heavy atom. The lowest BCUT2D eigenvalue weighted by molar-refractivity contribution is -0.133. The molecule has 1 aromatic heterocycles. The van der Waals surface area contributed by atoms with E-state index in [1.165, 1.54) is 42.6 Å². The van der Waals surface area contributed by atoms with Crippen LogP contribution in [0.25, 0.3) is 0 Å². The molecule has 0 unspecified atom stereocenters. The molecule has 2 heterocycles. The molecule has 2 aromatic carbocycles. The number of pyridine rings is 1. The first-order valence-corrected chi connectivity index (χ1v) is 15.7. The van der Waals surface area contributed by atoms with Crippen molar-refractivity contribution in [1.29, 1.82) is 5.26 Å². The van der Waals surface area contributed by atoms with Gasteiger partial charge >= 0.3 is 6.09 Å². The van der Waals surface area contributed by atoms with Crippen LogP contribution in [0.3, 0.4) is 0 Å². The molecule has 51 heavy (non-hydrogen) atoms. The van der Waals surface area contributed by atoms with Crippen LogP contribution in [0, 0.1) is 23.0 Å². The SMILES string of the molecule is C.CC(C)(C)OC(=O)N1CC(=O)N(c2cc(C#N)ccn2)[C@H](C(=O)N(c2cc(F)cc(F)c2)[C@H](C(=O)NC2CC(F)(F)C2)c2ccccc2Cl)C1. The van der Waals surface area contributed by atoms with Crippen molar-refractivity contribution in [3.05, 3.63) is 88.6 Å². The van der Waals surface area contributed by atoms with Gasteiger partial charge < -0.3 is 10.1 Å². The smallest absolute Gasteiger partial charge is 0.410 e. The number of piperazine rings is 1. The first-order valence-electron chi connectivity index (χ1n) is 15.3. The van der Waals surface area contributed by atoms with E-state index in [0.717, 1.165) is 21.9 Å². The lowest BCUT2D eigenvalue weighted by Gasteiger charge is -2.43. The molecular weight excluding hydrogens is 696 g/mol. The summed E-state index contributed by atoms with van der Waals surface area (Å²) in [5, 5.41) is 12.0. The average molecular weight is 731 g/mol. The lowest BCUT2D eigenvalue weighted by atomic mass is 9.87. The van der Waals surface area contributed by atoms with E-state index < -0.39 is 96.7 Å². The first kappa shape index (κ1) is 38.6. The van der Waals surface area contributed by atoms with Crippen LogP contribution in [-0.2, 0) is 19.1 Å². The maximum atomic E-state index is 15.0. The number of carbonyl (C=O) groups excluding carboxylic acids is 4. The third kappa shape index (κ3) is 8.75. The van der Waals surface area contributed by atoms with Gasteiger partial charge in [0.05, 0.1) is 23.9 Å². The highest BCUT2D eigenvalue weighted by Gasteiger charge is 2.49. The number of anilines is 2. The third-order valence-corrected chi connectivity index (χ3v) is 8.21. The fraction of sp³-hybridized carbons (Fsp3) is 0.371. The van der Waals surface area contributed by atoms with Crippen molar-refractivity contribution in [2.45, 2.75) is 70.7 Å². The van der Waals surface area contributed by atoms with Gasteiger partial charge in [0, 0.05) is 41.7 Å². The zero-order valence-corrected chi connectivity index (χ0v) is 27.8. The summed E-state index contributed by atoms with van der Waals surface area (Å²) in [5.41, 5.74) is -1.47. The van der Waals surface area contributed by atoms with Gasteiger partial charge in [-0.1, -0.05) is 37.2 Å². The van der Waals surface area contributed by atoms with Gasteiger partial charge in [-0.25, -0.2) is 27.3 Å². The molecule has 1 aliphatic carbocycles. The van der Waals surface area contributed by atoms with Crippen LogP contribution in [0.1, 0.15) is 58.2 Å². The molecular formula is C35H35ClF4N6O5. The molecule has 4 amide bonds. The molecule has 2 fully saturated rings. The minimum absolute atomic E-state index is 0. The summed E-state index contributed by atoms with van der Waals surface area (Å²) in [5.74, 6) is -8.47. The second-order valence-corrected chi connectivity index (χ2v) is 13.3. The summed E-state index contributed by atoms with van der Waals surface area (Å²) in [4.78, 5) is 62.9. The standard InChI is InChI=1S/C34H31ClF4N6O5.CH4/c1-33(2,3)50-32(49)43-17-26(45(28(46)18-43)27-10-19(16-40)8-9-41-27)31(48)44(23-12-20(36)11-21(37)13-23)29(24-6-4-5-7-25(24)35)30(47)42-22-14-34(38,39)15-22;/h4-13,22,26,29H,14-15,17-18H2,1-3H3,(H,42,47);1H4/t26-,29-;/m0./s1. The predicted molar refractivity (Wildman–Crippen MR) is 179 cm³/mol. The lowest BCUT2D eigenvalue weighted by Crippen LogP contribution is -2.65. The summed E-state index contributed by atoms with van der Waals surface area (Å²) in [6.45, 7) is 3.63. The highest BCUT2D eigenvalue weighted by Crippen LogP contribution is 2.39. The van der Waals surface area contributed by atoms with Gasteiger partial charge in [-0.2, -0.15) is 5.26 Å². The van der Waals surface area contributed by atoms with Crippen LogP contribution in [0.4, 0.5) is 33.9 Å². The molecule has 11 nitrogen and oxygen atoms in total. The zero-order valence-electron chi connectivity index (χ0n) is 27.0. The summed E-state index contributed by atoms with van der Waals surface area (Å²) >= 11 is 6.52. The molecule has 1 aliphatic heterocycles. The number of hydrogen-bond acceptors (Lipinski definition) is 7. The van der Waals surface area contributed by atoms with Crippen molar-refractivity contribution in [2.24, 2.45) is 0 Å². The van der Waals surface area contributed by atoms with Crippen molar-refractivity contribution >= 4 is 46.9 Å². The maximum Gasteiger partial charge on any atom is 0.410 e. The molecule has 2 aliphatic rings. The average Bonchev–Trinajstić information content (AvgIpc) is 3.01. The molecule has 1 saturated carbocycles. The maximum absolute atomic E-state index is 15.0. The molecule has 0 spiro atoms. The van der Waals surface area contributed by atoms with Gasteiger partial charge in [-0.15, -0.1) is 0 Å². The van der Waals surface area contributed by atoms with E-state index in [-0.39, 0.29) is 29.4 Å². The van der Waals surface area contributed by atoms with E-state index in [1.807, 2.05) is 6.07 Å². The number of aromatic nitrogens is 1. The fourth-order valence-corrected chi connectivity index (χ4v) is 5.95. The zero-order chi connectivity index (χ0) is 36.5. The monoisotopic (exact) mass is 730 g/mol. The Kier molecular flexibility index (Phi) is 11.3. The number of benzene rings is 2. The molecule has 1 N–H and O–H groups in total. The topological polar surface area (TPSA) is 136 Å². The van der Waals surface area contributed by atoms with E-state index >= 15 is 4.79 Å². The second-order valence-electron chi connectivity index (χ2n) is 12.9. The van der Waals surface area contributed by atoms with Gasteiger partial charge in [0.15, 0.2) is 0 Å². The normalized spacial score (nSPS) is 17.7. The number of carbonyl (C=O) groups is 4. The molecule has 5 rings (SSSR count). The highest BCUT2D eigenvalue weighted by molar-refractivity contribution is 6.31. The highest BCUT2D eigenvalue weighted by atomic mass is 35.5. The van der Waals surface area contributed by atoms with Gasteiger partial charge in [-0.3, -0.25) is 29.1 Å². The van der Waals surface area contributed by atoms with Crippen molar-refractivity contribution in [3.8, 4) is 6.07 Å². The van der Waals surface area contributed by atoms with Gasteiger partial charge in [-0.05, 0) is 51.1 Å². The van der Waals surface area contributed by atoms with Gasteiger partial charge in [0.1, 0.15) is 41.7 Å². The van der Waals surface area contributed by atoms with Gasteiger partial charge in [0.25, 0.3) is 11.8 Å². The molecule has 16 heteroatoms. The van der Waals surface area contributed by atoms with Gasteiger partial charge in [0.2, 0.25) is 11.8 Å². The van der Waals surface area contributed by atoms with Crippen LogP contribution >= 0.6 is 11.6 Å². The number of nitrogens with zero attached hydrogens (tertiary/aromatic N) is 5. The Balaban J connectivity index is 0.00000583. The van der Waals surface area contributed by atoms with Crippen molar-refractivity contribution in [1.82, 2.24) is 15.2 Å². The Hall–Kier alpha value is -5.23. The fourth-order valence-electron chi connectivity index (χ4n) is 5.71. The van der Waals surface area contributed by atoms with Crippen LogP contribution < -0.4 is 15.1 Å². The van der Waals surface area contributed by atoms with Crippen LogP contribution in [0.2, 0.25) is 5.02 Å². The summed E-state index contributed by atoms with van der Waals surface area (Å²) in [7, 11) is 0. The quantitative estimate of drug-likeness (QED) is 0.288. The Bertz CT molecular complexity index is 1860. The first-order chi connectivity index (χ1) is 23.5. The summed E-state index contributed by atoms with van der Waals surface area (Å²) < 4.78 is 62.7. The van der Waals surface area contributed by atoms with Crippen molar-refractivity contribution in [3.63, 3.8) is 0 Å². The van der Waals surface area contributed by atoms with E-state index in [4.69, 9.17) is 16.3 Å². The Morgan fingerprint density at radius 2 is 1.75 bits per heavy atom. The Labute approximate surface area is 296 Å². The molecule has 0 radical (unpaired) electrons. The molecule has 0 bridgehead atoms. The van der Waals surface area contributed by atoms with E-state index in [0.29, 0.717) is 11.0 Å². The van der Waals surface area contributed by atoms with Crippen molar-refractivity contribution < 1.29 is 41.5 Å². The number of alkyl halides is 2. The van der Waals surface area contributed by atoms with Crippen LogP contribution in [0.15, 0.2) is 60.8 Å². The van der Waals surface area contributed by atoms with E-state index in [1.54, 1.807) is 20.8 Å². The third-order valence-electron chi connectivity index (χ3n) is 7.86. The Morgan fingerprint density at radius 3 is 2.33 bits per heavy atom. The van der Waals surface area contributed by atoms with E-state index in [9.17, 15) is 37.2 Å². The molecule has 1 saturated heterocycles. The minimum atomic E-state index is -3.03. The number of rotatable bonds is 7.